The first-order chi connectivity index (χ1) is 14.3. The molecule has 0 bridgehead atoms. The van der Waals surface area contributed by atoms with Gasteiger partial charge in [0.25, 0.3) is 10.1 Å². The SMILES string of the molecule is CCC(=O)N(c1ccccc1)C1CCN(CCc2ccccc2)CC1.CS(=O)(=O)O. The monoisotopic (exact) mass is 432 g/mol. The molecule has 0 aliphatic carbocycles. The highest BCUT2D eigenvalue weighted by molar-refractivity contribution is 7.85. The Kier molecular flexibility index (Phi) is 9.49. The smallest absolute Gasteiger partial charge is 0.261 e. The molecule has 0 spiro atoms. The third-order valence-corrected chi connectivity index (χ3v) is 5.09. The number of nitrogens with zero attached hydrogens (tertiary/aromatic N) is 2. The van der Waals surface area contributed by atoms with E-state index in [1.807, 2.05) is 30.0 Å². The molecule has 3 rings (SSSR count). The van der Waals surface area contributed by atoms with Gasteiger partial charge in [0.05, 0.1) is 6.26 Å². The van der Waals surface area contributed by atoms with Crippen molar-refractivity contribution >= 4 is 21.7 Å². The van der Waals surface area contributed by atoms with E-state index in [1.165, 1.54) is 5.56 Å². The van der Waals surface area contributed by atoms with Crippen LogP contribution in [0.1, 0.15) is 31.7 Å². The standard InChI is InChI=1S/C22H28N2O.CH4O3S/c1-2-22(25)24(20-11-7-4-8-12-20)21-14-17-23(18-15-21)16-13-19-9-5-3-6-10-19;1-5(2,3)4/h3-12,21H,2,13-18H2,1H3;1H3,(H,2,3,4). The van der Waals surface area contributed by atoms with E-state index < -0.39 is 10.1 Å². The molecular weight excluding hydrogens is 400 g/mol. The molecule has 1 amide bonds. The Bertz CT molecular complexity index is 857. The predicted octanol–water partition coefficient (Wildman–Crippen LogP) is 3.64. The second-order valence-electron chi connectivity index (χ2n) is 7.49. The second kappa shape index (κ2) is 11.8. The maximum atomic E-state index is 12.5. The quantitative estimate of drug-likeness (QED) is 0.705. The molecule has 2 aromatic carbocycles. The molecule has 164 valence electrons. The summed E-state index contributed by atoms with van der Waals surface area (Å²) >= 11 is 0. The molecule has 0 aromatic heterocycles. The summed E-state index contributed by atoms with van der Waals surface area (Å²) in [5, 5.41) is 0. The summed E-state index contributed by atoms with van der Waals surface area (Å²) in [6, 6.07) is 21.1. The molecule has 7 heteroatoms. The summed E-state index contributed by atoms with van der Waals surface area (Å²) in [7, 11) is -3.67. The van der Waals surface area contributed by atoms with Crippen molar-refractivity contribution in [2.24, 2.45) is 0 Å². The molecule has 1 saturated heterocycles. The summed E-state index contributed by atoms with van der Waals surface area (Å²) in [6.07, 6.45) is 4.47. The fraction of sp³-hybridized carbons (Fsp3) is 0.435. The van der Waals surface area contributed by atoms with E-state index in [-0.39, 0.29) is 5.91 Å². The minimum Gasteiger partial charge on any atom is -0.309 e. The van der Waals surface area contributed by atoms with Gasteiger partial charge >= 0.3 is 0 Å². The molecule has 1 heterocycles. The Morgan fingerprint density at radius 2 is 1.53 bits per heavy atom. The van der Waals surface area contributed by atoms with Gasteiger partial charge in [-0.2, -0.15) is 8.42 Å². The maximum Gasteiger partial charge on any atom is 0.261 e. The van der Waals surface area contributed by atoms with Crippen molar-refractivity contribution in [2.75, 3.05) is 30.8 Å². The first kappa shape index (κ1) is 24.1. The Labute approximate surface area is 180 Å². The Morgan fingerprint density at radius 3 is 2.03 bits per heavy atom. The summed E-state index contributed by atoms with van der Waals surface area (Å²) < 4.78 is 25.9. The number of hydrogen-bond acceptors (Lipinski definition) is 4. The third kappa shape index (κ3) is 8.65. The first-order valence-corrected chi connectivity index (χ1v) is 12.2. The average Bonchev–Trinajstić information content (AvgIpc) is 2.73. The van der Waals surface area contributed by atoms with Crippen LogP contribution in [0.4, 0.5) is 5.69 Å². The lowest BCUT2D eigenvalue weighted by molar-refractivity contribution is -0.119. The van der Waals surface area contributed by atoms with E-state index in [9.17, 15) is 13.2 Å². The van der Waals surface area contributed by atoms with E-state index in [1.54, 1.807) is 0 Å². The van der Waals surface area contributed by atoms with Crippen LogP contribution in [0, 0.1) is 0 Å². The second-order valence-corrected chi connectivity index (χ2v) is 8.96. The molecule has 1 aliphatic rings. The lowest BCUT2D eigenvalue weighted by Gasteiger charge is -2.38. The van der Waals surface area contributed by atoms with Gasteiger partial charge in [-0.15, -0.1) is 0 Å². The highest BCUT2D eigenvalue weighted by Gasteiger charge is 2.28. The Hall–Kier alpha value is -2.22. The van der Waals surface area contributed by atoms with Gasteiger partial charge in [-0.1, -0.05) is 55.5 Å². The summed E-state index contributed by atoms with van der Waals surface area (Å²) in [5.74, 6) is 0.230. The normalized spacial score (nSPS) is 15.2. The van der Waals surface area contributed by atoms with Crippen LogP contribution < -0.4 is 4.90 Å². The van der Waals surface area contributed by atoms with Gasteiger partial charge < -0.3 is 9.80 Å². The number of rotatable bonds is 6. The average molecular weight is 433 g/mol. The van der Waals surface area contributed by atoms with Crippen molar-refractivity contribution in [2.45, 2.75) is 38.6 Å². The highest BCUT2D eigenvalue weighted by atomic mass is 32.2. The van der Waals surface area contributed by atoms with Gasteiger partial charge in [0.1, 0.15) is 0 Å². The van der Waals surface area contributed by atoms with Crippen LogP contribution in [0.25, 0.3) is 0 Å². The van der Waals surface area contributed by atoms with E-state index >= 15 is 0 Å². The molecule has 1 fully saturated rings. The number of piperidine rings is 1. The van der Waals surface area contributed by atoms with Crippen molar-refractivity contribution in [3.05, 3.63) is 66.2 Å². The van der Waals surface area contributed by atoms with Gasteiger partial charge in [0, 0.05) is 37.8 Å². The van der Waals surface area contributed by atoms with Crippen LogP contribution in [-0.4, -0.2) is 55.7 Å². The number of benzene rings is 2. The van der Waals surface area contributed by atoms with Gasteiger partial charge in [-0.05, 0) is 37.0 Å². The molecule has 0 saturated carbocycles. The Balaban J connectivity index is 0.000000575. The number of carbonyl (C=O) groups is 1. The van der Waals surface area contributed by atoms with Gasteiger partial charge in [0.2, 0.25) is 5.91 Å². The van der Waals surface area contributed by atoms with Crippen LogP contribution in [-0.2, 0) is 21.3 Å². The topological polar surface area (TPSA) is 77.9 Å². The first-order valence-electron chi connectivity index (χ1n) is 10.3. The summed E-state index contributed by atoms with van der Waals surface area (Å²) in [4.78, 5) is 17.1. The summed E-state index contributed by atoms with van der Waals surface area (Å²) in [5.41, 5.74) is 2.44. The van der Waals surface area contributed by atoms with Crippen LogP contribution in [0.5, 0.6) is 0 Å². The number of para-hydroxylation sites is 1. The van der Waals surface area contributed by atoms with Gasteiger partial charge in [-0.25, -0.2) is 0 Å². The number of carbonyl (C=O) groups excluding carboxylic acids is 1. The summed E-state index contributed by atoms with van der Waals surface area (Å²) in [6.45, 7) is 5.19. The van der Waals surface area contributed by atoms with E-state index in [2.05, 4.69) is 47.4 Å². The predicted molar refractivity (Wildman–Crippen MR) is 121 cm³/mol. The number of amides is 1. The molecule has 2 aromatic rings. The Morgan fingerprint density at radius 1 is 1.03 bits per heavy atom. The largest absolute Gasteiger partial charge is 0.309 e. The molecule has 0 unspecified atom stereocenters. The number of likely N-dealkylation sites (tertiary alicyclic amines) is 1. The van der Waals surface area contributed by atoms with Crippen LogP contribution in [0.2, 0.25) is 0 Å². The molecule has 30 heavy (non-hydrogen) atoms. The maximum absolute atomic E-state index is 12.5. The molecule has 1 aliphatic heterocycles. The third-order valence-electron chi connectivity index (χ3n) is 5.09. The zero-order valence-electron chi connectivity index (χ0n) is 17.8. The van der Waals surface area contributed by atoms with Crippen LogP contribution in [0.15, 0.2) is 60.7 Å². The number of hydrogen-bond donors (Lipinski definition) is 1. The van der Waals surface area contributed by atoms with Crippen molar-refractivity contribution in [3.63, 3.8) is 0 Å². The zero-order valence-corrected chi connectivity index (χ0v) is 18.6. The van der Waals surface area contributed by atoms with Gasteiger partial charge in [-0.3, -0.25) is 9.35 Å². The van der Waals surface area contributed by atoms with Crippen molar-refractivity contribution in [1.29, 1.82) is 0 Å². The van der Waals surface area contributed by atoms with Gasteiger partial charge in [0.15, 0.2) is 0 Å². The van der Waals surface area contributed by atoms with E-state index in [4.69, 9.17) is 4.55 Å². The minimum absolute atomic E-state index is 0.230. The molecule has 0 radical (unpaired) electrons. The fourth-order valence-corrected chi connectivity index (χ4v) is 3.65. The van der Waals surface area contributed by atoms with Crippen molar-refractivity contribution in [1.82, 2.24) is 4.90 Å². The molecule has 6 nitrogen and oxygen atoms in total. The lowest BCUT2D eigenvalue weighted by atomic mass is 10.0. The number of anilines is 1. The van der Waals surface area contributed by atoms with E-state index in [0.717, 1.165) is 44.6 Å². The van der Waals surface area contributed by atoms with Crippen LogP contribution in [0.3, 0.4) is 0 Å². The van der Waals surface area contributed by atoms with Crippen molar-refractivity contribution in [3.8, 4) is 0 Å². The lowest BCUT2D eigenvalue weighted by Crippen LogP contribution is -2.47. The highest BCUT2D eigenvalue weighted by Crippen LogP contribution is 2.24. The minimum atomic E-state index is -3.67. The molecule has 1 N–H and O–H groups in total. The molecule has 0 atom stereocenters. The van der Waals surface area contributed by atoms with E-state index in [0.29, 0.717) is 18.7 Å². The molecular formula is C23H32N2O4S. The van der Waals surface area contributed by atoms with Crippen molar-refractivity contribution < 1.29 is 17.8 Å². The fourth-order valence-electron chi connectivity index (χ4n) is 3.65. The zero-order chi connectivity index (χ0) is 22.0. The van der Waals surface area contributed by atoms with Crippen LogP contribution >= 0.6 is 0 Å².